The lowest BCUT2D eigenvalue weighted by Gasteiger charge is -2.50. The number of benzene rings is 4. The van der Waals surface area contributed by atoms with Crippen LogP contribution in [0.25, 0.3) is 0 Å². The molecule has 0 saturated carbocycles. The van der Waals surface area contributed by atoms with Gasteiger partial charge >= 0.3 is 0 Å². The van der Waals surface area contributed by atoms with Gasteiger partial charge in [-0.05, 0) is 66.1 Å². The molecule has 4 aromatic carbocycles. The first-order valence-corrected chi connectivity index (χ1v) is 14.6. The summed E-state index contributed by atoms with van der Waals surface area (Å²) in [7, 11) is 0. The fourth-order valence-electron chi connectivity index (χ4n) is 5.84. The quantitative estimate of drug-likeness (QED) is 0.189. The molecule has 2 aliphatic rings. The second-order valence-corrected chi connectivity index (χ2v) is 12.1. The minimum absolute atomic E-state index is 0.0583. The summed E-state index contributed by atoms with van der Waals surface area (Å²) in [5, 5.41) is 0. The van der Waals surface area contributed by atoms with E-state index >= 15 is 0 Å². The van der Waals surface area contributed by atoms with Gasteiger partial charge in [-0.3, -0.25) is 4.79 Å². The van der Waals surface area contributed by atoms with E-state index in [0.717, 1.165) is 16.7 Å². The highest BCUT2D eigenvalue weighted by Gasteiger charge is 2.51. The Morgan fingerprint density at radius 1 is 0.814 bits per heavy atom. The number of halogens is 2. The Hall–Kier alpha value is -4.07. The number of carbonyl (C=O) groups is 1. The van der Waals surface area contributed by atoms with Gasteiger partial charge in [0.25, 0.3) is 0 Å². The predicted molar refractivity (Wildman–Crippen MR) is 161 cm³/mol. The molecule has 6 rings (SSSR count). The Labute approximate surface area is 251 Å². The van der Waals surface area contributed by atoms with Crippen LogP contribution >= 0.6 is 0 Å². The summed E-state index contributed by atoms with van der Waals surface area (Å²) < 4.78 is 46.4. The van der Waals surface area contributed by atoms with Gasteiger partial charge in [-0.15, -0.1) is 0 Å². The molecule has 0 N–H and O–H groups in total. The zero-order valence-corrected chi connectivity index (χ0v) is 24.3. The average Bonchev–Trinajstić information content (AvgIpc) is 3.01. The van der Waals surface area contributed by atoms with Crippen molar-refractivity contribution in [2.24, 2.45) is 5.41 Å². The van der Waals surface area contributed by atoms with Crippen molar-refractivity contribution in [3.05, 3.63) is 131 Å². The fraction of sp³-hybridized carbons (Fsp3) is 0.306. The molecule has 5 nitrogen and oxygen atoms in total. The normalized spacial score (nSPS) is 20.8. The van der Waals surface area contributed by atoms with Crippen molar-refractivity contribution in [3.63, 3.8) is 0 Å². The number of nitrogens with zero attached hydrogens (tertiary/aromatic N) is 1. The van der Waals surface area contributed by atoms with Crippen LogP contribution in [0.5, 0.6) is 5.75 Å². The van der Waals surface area contributed by atoms with E-state index in [0.29, 0.717) is 44.1 Å². The highest BCUT2D eigenvalue weighted by atomic mass is 19.1. The summed E-state index contributed by atoms with van der Waals surface area (Å²) in [6, 6.07) is 29.5. The molecule has 4 aromatic rings. The maximum absolute atomic E-state index is 13.8. The molecule has 43 heavy (non-hydrogen) atoms. The summed E-state index contributed by atoms with van der Waals surface area (Å²) in [5.41, 5.74) is 3.16. The third kappa shape index (κ3) is 6.19. The van der Waals surface area contributed by atoms with E-state index in [-0.39, 0.29) is 29.0 Å². The molecule has 0 spiro atoms. The van der Waals surface area contributed by atoms with Gasteiger partial charge in [0, 0.05) is 23.1 Å². The second kappa shape index (κ2) is 11.9. The SMILES string of the molecule is CC1(C)COC(CC[C@H]2[C@@H](c3ccc(OCc4ccccc4)cc3)C(=O)N2c2ccc(F)cc2)(c2ccc(F)cc2)OC1. The van der Waals surface area contributed by atoms with Crippen LogP contribution < -0.4 is 9.64 Å². The van der Waals surface area contributed by atoms with E-state index in [1.54, 1.807) is 29.2 Å². The molecule has 1 amide bonds. The lowest BCUT2D eigenvalue weighted by Crippen LogP contribution is -2.60. The first-order valence-electron chi connectivity index (χ1n) is 14.6. The first-order chi connectivity index (χ1) is 20.7. The molecule has 0 aliphatic carbocycles. The molecule has 0 bridgehead atoms. The smallest absolute Gasteiger partial charge is 0.236 e. The molecule has 2 fully saturated rings. The third-order valence-electron chi connectivity index (χ3n) is 8.26. The monoisotopic (exact) mass is 583 g/mol. The lowest BCUT2D eigenvalue weighted by atomic mass is 9.77. The van der Waals surface area contributed by atoms with Crippen molar-refractivity contribution in [1.29, 1.82) is 0 Å². The van der Waals surface area contributed by atoms with E-state index in [1.165, 1.54) is 24.3 Å². The van der Waals surface area contributed by atoms with E-state index in [1.807, 2.05) is 54.6 Å². The highest BCUT2D eigenvalue weighted by Crippen LogP contribution is 2.46. The topological polar surface area (TPSA) is 48.0 Å². The van der Waals surface area contributed by atoms with Crippen molar-refractivity contribution >= 4 is 11.6 Å². The van der Waals surface area contributed by atoms with Crippen LogP contribution in [-0.2, 0) is 26.7 Å². The minimum Gasteiger partial charge on any atom is -0.489 e. The summed E-state index contributed by atoms with van der Waals surface area (Å²) in [6.45, 7) is 5.55. The number of β-lactam (4-membered cyclic amide) rings is 1. The number of anilines is 1. The molecule has 0 unspecified atom stereocenters. The van der Waals surface area contributed by atoms with Crippen LogP contribution in [0.4, 0.5) is 14.5 Å². The molecule has 0 aromatic heterocycles. The van der Waals surface area contributed by atoms with Crippen LogP contribution in [0.1, 0.15) is 49.3 Å². The zero-order chi connectivity index (χ0) is 30.0. The summed E-state index contributed by atoms with van der Waals surface area (Å²) >= 11 is 0. The molecule has 2 saturated heterocycles. The largest absolute Gasteiger partial charge is 0.489 e. The van der Waals surface area contributed by atoms with Crippen LogP contribution in [0.15, 0.2) is 103 Å². The molecule has 222 valence electrons. The first kappa shape index (κ1) is 29.0. The van der Waals surface area contributed by atoms with Crippen molar-refractivity contribution < 1.29 is 27.8 Å². The second-order valence-electron chi connectivity index (χ2n) is 12.1. The number of ether oxygens (including phenoxy) is 3. The molecule has 0 radical (unpaired) electrons. The van der Waals surface area contributed by atoms with Gasteiger partial charge in [-0.2, -0.15) is 0 Å². The van der Waals surface area contributed by atoms with Crippen molar-refractivity contribution in [2.45, 2.75) is 51.0 Å². The van der Waals surface area contributed by atoms with E-state index < -0.39 is 11.7 Å². The Morgan fingerprint density at radius 2 is 1.42 bits per heavy atom. The Bertz CT molecular complexity index is 1530. The summed E-state index contributed by atoms with van der Waals surface area (Å²) in [4.78, 5) is 15.4. The van der Waals surface area contributed by atoms with Crippen LogP contribution in [0.2, 0.25) is 0 Å². The number of hydrogen-bond acceptors (Lipinski definition) is 4. The van der Waals surface area contributed by atoms with Crippen LogP contribution in [0.3, 0.4) is 0 Å². The zero-order valence-electron chi connectivity index (χ0n) is 24.3. The van der Waals surface area contributed by atoms with Crippen molar-refractivity contribution in [2.75, 3.05) is 18.1 Å². The number of hydrogen-bond donors (Lipinski definition) is 0. The van der Waals surface area contributed by atoms with Gasteiger partial charge in [-0.1, -0.05) is 68.4 Å². The van der Waals surface area contributed by atoms with E-state index in [4.69, 9.17) is 14.2 Å². The van der Waals surface area contributed by atoms with Gasteiger partial charge in [0.2, 0.25) is 5.91 Å². The van der Waals surface area contributed by atoms with Gasteiger partial charge in [0.1, 0.15) is 24.0 Å². The fourth-order valence-corrected chi connectivity index (χ4v) is 5.84. The number of amides is 1. The molecule has 7 heteroatoms. The maximum atomic E-state index is 13.8. The summed E-state index contributed by atoms with van der Waals surface area (Å²) in [5.74, 6) is -1.52. The van der Waals surface area contributed by atoms with Crippen molar-refractivity contribution in [1.82, 2.24) is 0 Å². The average molecular weight is 584 g/mol. The van der Waals surface area contributed by atoms with Gasteiger partial charge in [-0.25, -0.2) is 8.78 Å². The van der Waals surface area contributed by atoms with E-state index in [2.05, 4.69) is 13.8 Å². The Kier molecular flexibility index (Phi) is 8.03. The maximum Gasteiger partial charge on any atom is 0.236 e. The molecule has 2 aliphatic heterocycles. The van der Waals surface area contributed by atoms with Crippen LogP contribution in [-0.4, -0.2) is 25.2 Å². The number of carbonyl (C=O) groups excluding carboxylic acids is 1. The van der Waals surface area contributed by atoms with Gasteiger partial charge in [0.15, 0.2) is 5.79 Å². The minimum atomic E-state index is -1.07. The highest BCUT2D eigenvalue weighted by molar-refractivity contribution is 6.06. The molecular formula is C36H35F2NO4. The molecule has 2 heterocycles. The third-order valence-corrected chi connectivity index (χ3v) is 8.26. The molecular weight excluding hydrogens is 548 g/mol. The van der Waals surface area contributed by atoms with Crippen molar-refractivity contribution in [3.8, 4) is 5.75 Å². The van der Waals surface area contributed by atoms with Crippen LogP contribution in [0, 0.1) is 17.0 Å². The van der Waals surface area contributed by atoms with E-state index in [9.17, 15) is 13.6 Å². The lowest BCUT2D eigenvalue weighted by molar-refractivity contribution is -0.312. The predicted octanol–water partition coefficient (Wildman–Crippen LogP) is 7.75. The number of rotatable bonds is 9. The molecule has 2 atom stereocenters. The Balaban J connectivity index is 1.25. The van der Waals surface area contributed by atoms with Gasteiger partial charge < -0.3 is 19.1 Å². The van der Waals surface area contributed by atoms with Gasteiger partial charge in [0.05, 0.1) is 25.2 Å². The standard InChI is InChI=1S/C36H35F2NO4/c1-35(2)23-42-36(43-24-35,27-10-12-28(37)13-11-27)21-20-32-33(34(40)39(32)30-16-14-29(38)15-17-30)26-8-18-31(19-9-26)41-22-25-6-4-3-5-7-25/h3-19,32-33H,20-24H2,1-2H3/t32-,33+/m0/s1. The Morgan fingerprint density at radius 3 is 2.05 bits per heavy atom. The summed E-state index contributed by atoms with van der Waals surface area (Å²) in [6.07, 6.45) is 0.983.